The first-order valence-electron chi connectivity index (χ1n) is 5.79. The monoisotopic (exact) mass is 257 g/mol. The molecule has 18 heavy (non-hydrogen) atoms. The van der Waals surface area contributed by atoms with Crippen molar-refractivity contribution in [1.29, 1.82) is 0 Å². The van der Waals surface area contributed by atoms with Crippen LogP contribution in [0.3, 0.4) is 0 Å². The van der Waals surface area contributed by atoms with Crippen molar-refractivity contribution in [2.75, 3.05) is 6.54 Å². The lowest BCUT2D eigenvalue weighted by molar-refractivity contribution is -0.121. The quantitative estimate of drug-likeness (QED) is 0.842. The van der Waals surface area contributed by atoms with E-state index in [1.807, 2.05) is 13.8 Å². The fourth-order valence-corrected chi connectivity index (χ4v) is 1.35. The summed E-state index contributed by atoms with van der Waals surface area (Å²) in [7, 11) is 0. The summed E-state index contributed by atoms with van der Waals surface area (Å²) in [6.07, 6.45) is -0.802. The molecule has 100 valence electrons. The van der Waals surface area contributed by atoms with Crippen molar-refractivity contribution in [2.45, 2.75) is 26.4 Å². The number of aliphatic hydroxyl groups excluding tert-OH is 1. The summed E-state index contributed by atoms with van der Waals surface area (Å²) >= 11 is 0. The number of nitrogens with one attached hydrogen (secondary N) is 1. The number of benzene rings is 1. The SMILES string of the molecule is CC(C)[C@@H](O)CNC(=O)Cc1ccc(F)cc1F. The Morgan fingerprint density at radius 3 is 2.61 bits per heavy atom. The first-order valence-corrected chi connectivity index (χ1v) is 5.79. The van der Waals surface area contributed by atoms with Crippen LogP contribution in [0.15, 0.2) is 18.2 Å². The molecule has 1 rings (SSSR count). The third-order valence-corrected chi connectivity index (χ3v) is 2.64. The number of hydrogen-bond donors (Lipinski definition) is 2. The van der Waals surface area contributed by atoms with Crippen LogP contribution in [0.4, 0.5) is 8.78 Å². The minimum absolute atomic E-state index is 0.0351. The first kappa shape index (κ1) is 14.6. The summed E-state index contributed by atoms with van der Waals surface area (Å²) in [5.74, 6) is -1.78. The Kier molecular flexibility index (Phi) is 5.22. The van der Waals surface area contributed by atoms with Crippen molar-refractivity contribution in [3.8, 4) is 0 Å². The van der Waals surface area contributed by atoms with Crippen LogP contribution >= 0.6 is 0 Å². The van der Waals surface area contributed by atoms with E-state index in [0.717, 1.165) is 12.1 Å². The van der Waals surface area contributed by atoms with Crippen LogP contribution in [0.2, 0.25) is 0 Å². The molecule has 0 bridgehead atoms. The summed E-state index contributed by atoms with van der Waals surface area (Å²) in [4.78, 5) is 11.5. The molecule has 0 aliphatic carbocycles. The smallest absolute Gasteiger partial charge is 0.224 e. The van der Waals surface area contributed by atoms with Crippen molar-refractivity contribution >= 4 is 5.91 Å². The number of amides is 1. The molecule has 0 aliphatic heterocycles. The van der Waals surface area contributed by atoms with Gasteiger partial charge in [-0.1, -0.05) is 19.9 Å². The van der Waals surface area contributed by atoms with Crippen LogP contribution in [-0.4, -0.2) is 23.7 Å². The van der Waals surface area contributed by atoms with Gasteiger partial charge in [-0.3, -0.25) is 4.79 Å². The topological polar surface area (TPSA) is 49.3 Å². The van der Waals surface area contributed by atoms with E-state index < -0.39 is 23.6 Å². The zero-order chi connectivity index (χ0) is 13.7. The molecule has 0 saturated carbocycles. The van der Waals surface area contributed by atoms with Crippen molar-refractivity contribution < 1.29 is 18.7 Å². The zero-order valence-corrected chi connectivity index (χ0v) is 10.4. The van der Waals surface area contributed by atoms with Crippen LogP contribution in [0.1, 0.15) is 19.4 Å². The van der Waals surface area contributed by atoms with Gasteiger partial charge in [0.2, 0.25) is 5.91 Å². The van der Waals surface area contributed by atoms with Crippen molar-refractivity contribution in [3.05, 3.63) is 35.4 Å². The van der Waals surface area contributed by atoms with Gasteiger partial charge in [0.15, 0.2) is 0 Å². The number of halogens is 2. The average Bonchev–Trinajstić information content (AvgIpc) is 2.29. The third-order valence-electron chi connectivity index (χ3n) is 2.64. The van der Waals surface area contributed by atoms with Gasteiger partial charge in [0.25, 0.3) is 0 Å². The van der Waals surface area contributed by atoms with Gasteiger partial charge in [-0.25, -0.2) is 8.78 Å². The highest BCUT2D eigenvalue weighted by atomic mass is 19.1. The van der Waals surface area contributed by atoms with Gasteiger partial charge in [-0.15, -0.1) is 0 Å². The average molecular weight is 257 g/mol. The molecule has 0 heterocycles. The molecule has 0 radical (unpaired) electrons. The normalized spacial score (nSPS) is 12.6. The number of aliphatic hydroxyl groups is 1. The molecule has 1 amide bonds. The maximum atomic E-state index is 13.3. The van der Waals surface area contributed by atoms with Gasteiger partial charge in [0.1, 0.15) is 11.6 Å². The molecule has 0 spiro atoms. The Morgan fingerprint density at radius 2 is 2.06 bits per heavy atom. The van der Waals surface area contributed by atoms with Gasteiger partial charge in [-0.2, -0.15) is 0 Å². The molecular formula is C13H17F2NO2. The number of carbonyl (C=O) groups excluding carboxylic acids is 1. The first-order chi connectivity index (χ1) is 8.40. The maximum absolute atomic E-state index is 13.3. The van der Waals surface area contributed by atoms with Crippen molar-refractivity contribution in [1.82, 2.24) is 5.32 Å². The molecule has 0 saturated heterocycles. The molecule has 0 unspecified atom stereocenters. The van der Waals surface area contributed by atoms with E-state index in [4.69, 9.17) is 0 Å². The lowest BCUT2D eigenvalue weighted by Crippen LogP contribution is -2.35. The van der Waals surface area contributed by atoms with Crippen LogP contribution in [0, 0.1) is 17.6 Å². The molecule has 1 aromatic carbocycles. The number of rotatable bonds is 5. The Morgan fingerprint density at radius 1 is 1.39 bits per heavy atom. The van der Waals surface area contributed by atoms with Gasteiger partial charge in [0, 0.05) is 12.6 Å². The Bertz CT molecular complexity index is 421. The van der Waals surface area contributed by atoms with E-state index in [1.165, 1.54) is 6.07 Å². The van der Waals surface area contributed by atoms with E-state index in [-0.39, 0.29) is 24.4 Å². The zero-order valence-electron chi connectivity index (χ0n) is 10.4. The highest BCUT2D eigenvalue weighted by Gasteiger charge is 2.12. The van der Waals surface area contributed by atoms with Crippen LogP contribution in [0.25, 0.3) is 0 Å². The molecule has 5 heteroatoms. The van der Waals surface area contributed by atoms with E-state index in [9.17, 15) is 18.7 Å². The second kappa shape index (κ2) is 6.44. The highest BCUT2D eigenvalue weighted by Crippen LogP contribution is 2.10. The van der Waals surface area contributed by atoms with Crippen LogP contribution in [-0.2, 0) is 11.2 Å². The molecule has 0 aliphatic rings. The van der Waals surface area contributed by atoms with Gasteiger partial charge < -0.3 is 10.4 Å². The summed E-state index contributed by atoms with van der Waals surface area (Å²) in [6.45, 7) is 3.78. The second-order valence-electron chi connectivity index (χ2n) is 4.53. The van der Waals surface area contributed by atoms with E-state index in [2.05, 4.69) is 5.32 Å². The minimum Gasteiger partial charge on any atom is -0.391 e. The molecular weight excluding hydrogens is 240 g/mol. The standard InChI is InChI=1S/C13H17F2NO2/c1-8(2)12(17)7-16-13(18)5-9-3-4-10(14)6-11(9)15/h3-4,6,8,12,17H,5,7H2,1-2H3,(H,16,18)/t12-/m0/s1. The molecule has 2 N–H and O–H groups in total. The van der Waals surface area contributed by atoms with Gasteiger partial charge in [-0.05, 0) is 17.5 Å². The number of hydrogen-bond acceptors (Lipinski definition) is 2. The fraction of sp³-hybridized carbons (Fsp3) is 0.462. The van der Waals surface area contributed by atoms with E-state index in [1.54, 1.807) is 0 Å². The highest BCUT2D eigenvalue weighted by molar-refractivity contribution is 5.78. The van der Waals surface area contributed by atoms with Gasteiger partial charge in [0.05, 0.1) is 12.5 Å². The summed E-state index contributed by atoms with van der Waals surface area (Å²) in [5.41, 5.74) is 0.132. The van der Waals surface area contributed by atoms with Crippen molar-refractivity contribution in [3.63, 3.8) is 0 Å². The molecule has 3 nitrogen and oxygen atoms in total. The Balaban J connectivity index is 2.50. The summed E-state index contributed by atoms with van der Waals surface area (Å²) < 4.78 is 25.9. The lowest BCUT2D eigenvalue weighted by atomic mass is 10.1. The van der Waals surface area contributed by atoms with E-state index >= 15 is 0 Å². The predicted molar refractivity (Wildman–Crippen MR) is 63.9 cm³/mol. The minimum atomic E-state index is -0.741. The van der Waals surface area contributed by atoms with Crippen LogP contribution < -0.4 is 5.32 Å². The van der Waals surface area contributed by atoms with Crippen molar-refractivity contribution in [2.24, 2.45) is 5.92 Å². The maximum Gasteiger partial charge on any atom is 0.224 e. The number of carbonyl (C=O) groups is 1. The Labute approximate surface area is 105 Å². The molecule has 0 fully saturated rings. The summed E-state index contributed by atoms with van der Waals surface area (Å²) in [6, 6.07) is 3.09. The lowest BCUT2D eigenvalue weighted by Gasteiger charge is -2.15. The largest absolute Gasteiger partial charge is 0.391 e. The molecule has 1 atom stereocenters. The van der Waals surface area contributed by atoms with Crippen LogP contribution in [0.5, 0.6) is 0 Å². The third kappa shape index (κ3) is 4.41. The predicted octanol–water partition coefficient (Wildman–Crippen LogP) is 1.64. The van der Waals surface area contributed by atoms with E-state index in [0.29, 0.717) is 0 Å². The summed E-state index contributed by atoms with van der Waals surface area (Å²) in [5, 5.41) is 12.0. The second-order valence-corrected chi connectivity index (χ2v) is 4.53. The Hall–Kier alpha value is -1.49. The molecule has 0 aromatic heterocycles. The fourth-order valence-electron chi connectivity index (χ4n) is 1.35. The van der Waals surface area contributed by atoms with Gasteiger partial charge >= 0.3 is 0 Å². The molecule has 1 aromatic rings.